The van der Waals surface area contributed by atoms with Crippen molar-refractivity contribution < 1.29 is 59.7 Å². The van der Waals surface area contributed by atoms with Gasteiger partial charge in [0.05, 0.1) is 0 Å². The van der Waals surface area contributed by atoms with Crippen molar-refractivity contribution in [3.63, 3.8) is 0 Å². The van der Waals surface area contributed by atoms with Gasteiger partial charge in [0, 0.05) is 6.42 Å². The summed E-state index contributed by atoms with van der Waals surface area (Å²) in [5, 5.41) is 0. The van der Waals surface area contributed by atoms with Crippen LogP contribution in [-0.4, -0.2) is 37.5 Å². The quantitative estimate of drug-likeness (QED) is 0.377. The van der Waals surface area contributed by atoms with Gasteiger partial charge in [-0.25, -0.2) is 18.2 Å². The first-order valence-corrected chi connectivity index (χ1v) is 8.00. The highest BCUT2D eigenvalue weighted by Gasteiger charge is 2.76. The van der Waals surface area contributed by atoms with Gasteiger partial charge >= 0.3 is 33.5 Å². The zero-order valence-electron chi connectivity index (χ0n) is 10.1. The van der Waals surface area contributed by atoms with Crippen molar-refractivity contribution >= 4 is 15.6 Å². The van der Waals surface area contributed by atoms with Crippen molar-refractivity contribution in [2.24, 2.45) is 0 Å². The zero-order valence-corrected chi connectivity index (χ0v) is 11.9. The Hall–Kier alpha value is -0.130. The fourth-order valence-electron chi connectivity index (χ4n) is 1.18. The van der Waals surface area contributed by atoms with Crippen LogP contribution in [0.5, 0.6) is 0 Å². The molecule has 0 fully saturated rings. The smallest absolute Gasteiger partial charge is 0.303 e. The van der Waals surface area contributed by atoms with Gasteiger partial charge in [0.2, 0.25) is 0 Å². The standard InChI is InChI=1S/C6H11F5O8P2/c1-2-3-4(7,8)5(9,18-20(12,13)14)6(10,11)19-21(15,16)17/h2-3H2,1H3,(H2,12,13,14)(H2,15,16,17). The molecule has 0 spiro atoms. The Morgan fingerprint density at radius 1 is 0.905 bits per heavy atom. The molecule has 128 valence electrons. The molecule has 0 aromatic carbocycles. The van der Waals surface area contributed by atoms with E-state index in [1.165, 1.54) is 0 Å². The van der Waals surface area contributed by atoms with Crippen molar-refractivity contribution in [1.29, 1.82) is 0 Å². The van der Waals surface area contributed by atoms with Gasteiger partial charge in [-0.1, -0.05) is 13.3 Å². The summed E-state index contributed by atoms with van der Waals surface area (Å²) in [7, 11) is -12.4. The molecule has 0 aromatic rings. The van der Waals surface area contributed by atoms with E-state index >= 15 is 0 Å². The van der Waals surface area contributed by atoms with Gasteiger partial charge in [-0.15, -0.1) is 0 Å². The fourth-order valence-corrected chi connectivity index (χ4v) is 2.16. The number of phosphoric acid groups is 2. The third kappa shape index (κ3) is 5.53. The molecule has 21 heavy (non-hydrogen) atoms. The summed E-state index contributed by atoms with van der Waals surface area (Å²) >= 11 is 0. The Morgan fingerprint density at radius 2 is 1.29 bits per heavy atom. The summed E-state index contributed by atoms with van der Waals surface area (Å²) in [6, 6.07) is 0. The maximum absolute atomic E-state index is 13.9. The van der Waals surface area contributed by atoms with Gasteiger partial charge in [0.1, 0.15) is 0 Å². The normalized spacial score (nSPS) is 17.6. The first-order valence-electron chi connectivity index (χ1n) is 4.94. The molecule has 0 aromatic heterocycles. The SMILES string of the molecule is CCCC(F)(F)C(F)(OP(=O)(O)O)C(F)(F)OP(=O)(O)O. The fraction of sp³-hybridized carbons (Fsp3) is 1.00. The summed E-state index contributed by atoms with van der Waals surface area (Å²) in [6.07, 6.45) is -8.37. The summed E-state index contributed by atoms with van der Waals surface area (Å²) in [4.78, 5) is 32.9. The van der Waals surface area contributed by atoms with Crippen LogP contribution in [0.2, 0.25) is 0 Å². The molecule has 0 aliphatic carbocycles. The number of alkyl halides is 5. The molecular formula is C6H11F5O8P2. The number of phosphoric ester groups is 2. The average Bonchev–Trinajstić information content (AvgIpc) is 2.09. The van der Waals surface area contributed by atoms with Gasteiger partial charge in [0.25, 0.3) is 0 Å². The maximum Gasteiger partial charge on any atom is 0.474 e. The van der Waals surface area contributed by atoms with Crippen molar-refractivity contribution in [2.75, 3.05) is 0 Å². The highest BCUT2D eigenvalue weighted by atomic mass is 31.2. The van der Waals surface area contributed by atoms with Crippen LogP contribution in [0.3, 0.4) is 0 Å². The molecule has 0 heterocycles. The van der Waals surface area contributed by atoms with E-state index in [2.05, 4.69) is 9.05 Å². The molecular weight excluding hydrogens is 357 g/mol. The first kappa shape index (κ1) is 20.9. The van der Waals surface area contributed by atoms with E-state index in [0.717, 1.165) is 6.92 Å². The van der Waals surface area contributed by atoms with E-state index in [1.54, 1.807) is 0 Å². The number of hydrogen-bond donors (Lipinski definition) is 4. The molecule has 0 saturated heterocycles. The lowest BCUT2D eigenvalue weighted by atomic mass is 10.0. The summed E-state index contributed by atoms with van der Waals surface area (Å²) in [5.41, 5.74) is 0. The van der Waals surface area contributed by atoms with Gasteiger partial charge < -0.3 is 19.6 Å². The Bertz CT molecular complexity index is 460. The highest BCUT2D eigenvalue weighted by molar-refractivity contribution is 7.46. The number of hydrogen-bond acceptors (Lipinski definition) is 4. The first-order chi connectivity index (χ1) is 8.97. The second kappa shape index (κ2) is 6.17. The Kier molecular flexibility index (Phi) is 6.13. The van der Waals surface area contributed by atoms with E-state index < -0.39 is 46.4 Å². The van der Waals surface area contributed by atoms with Crippen molar-refractivity contribution in [1.82, 2.24) is 0 Å². The van der Waals surface area contributed by atoms with E-state index in [1.807, 2.05) is 0 Å². The van der Waals surface area contributed by atoms with Gasteiger partial charge in [-0.3, -0.25) is 0 Å². The Balaban J connectivity index is 5.93. The lowest BCUT2D eigenvalue weighted by Gasteiger charge is -2.37. The molecule has 0 aliphatic heterocycles. The third-order valence-electron chi connectivity index (χ3n) is 1.89. The maximum atomic E-state index is 13.9. The highest BCUT2D eigenvalue weighted by Crippen LogP contribution is 2.59. The molecule has 0 aliphatic rings. The summed E-state index contributed by atoms with van der Waals surface area (Å²) in [5.74, 6) is -11.0. The monoisotopic (exact) mass is 368 g/mol. The molecule has 4 N–H and O–H groups in total. The largest absolute Gasteiger partial charge is 0.474 e. The predicted molar refractivity (Wildman–Crippen MR) is 54.9 cm³/mol. The van der Waals surface area contributed by atoms with Crippen LogP contribution in [0.15, 0.2) is 0 Å². The second-order valence-corrected chi connectivity index (χ2v) is 6.06. The van der Waals surface area contributed by atoms with Crippen LogP contribution in [0.1, 0.15) is 19.8 Å². The third-order valence-corrected chi connectivity index (χ3v) is 2.84. The molecule has 15 heteroatoms. The molecule has 8 nitrogen and oxygen atoms in total. The Morgan fingerprint density at radius 3 is 1.57 bits per heavy atom. The van der Waals surface area contributed by atoms with E-state index in [0.29, 0.717) is 0 Å². The summed E-state index contributed by atoms with van der Waals surface area (Å²) < 4.78 is 93.3. The topological polar surface area (TPSA) is 134 Å². The molecule has 0 saturated carbocycles. The van der Waals surface area contributed by atoms with E-state index in [9.17, 15) is 31.1 Å². The lowest BCUT2D eigenvalue weighted by molar-refractivity contribution is -0.396. The van der Waals surface area contributed by atoms with Crippen molar-refractivity contribution in [3.05, 3.63) is 0 Å². The minimum atomic E-state index is -6.24. The van der Waals surface area contributed by atoms with Crippen LogP contribution >= 0.6 is 15.6 Å². The van der Waals surface area contributed by atoms with Gasteiger partial charge in [-0.2, -0.15) is 22.0 Å². The minimum absolute atomic E-state index is 0.630. The van der Waals surface area contributed by atoms with Crippen molar-refractivity contribution in [2.45, 2.75) is 37.7 Å². The number of halogens is 5. The second-order valence-electron chi connectivity index (χ2n) is 3.73. The van der Waals surface area contributed by atoms with Gasteiger partial charge in [-0.05, 0) is 0 Å². The van der Waals surface area contributed by atoms with Crippen LogP contribution < -0.4 is 0 Å². The molecule has 1 unspecified atom stereocenters. The molecule has 1 atom stereocenters. The molecule has 0 radical (unpaired) electrons. The minimum Gasteiger partial charge on any atom is -0.303 e. The molecule has 0 amide bonds. The lowest BCUT2D eigenvalue weighted by Crippen LogP contribution is -2.59. The van der Waals surface area contributed by atoms with Crippen LogP contribution in [-0.2, 0) is 18.2 Å². The zero-order chi connectivity index (χ0) is 17.3. The van der Waals surface area contributed by atoms with E-state index in [4.69, 9.17) is 19.6 Å². The Labute approximate surface area is 114 Å². The average molecular weight is 368 g/mol. The van der Waals surface area contributed by atoms with Gasteiger partial charge in [0.15, 0.2) is 0 Å². The predicted octanol–water partition coefficient (Wildman–Crippen LogP) is 1.90. The number of rotatable bonds is 8. The van der Waals surface area contributed by atoms with E-state index in [-0.39, 0.29) is 0 Å². The van der Waals surface area contributed by atoms with Crippen LogP contribution in [0, 0.1) is 0 Å². The van der Waals surface area contributed by atoms with Crippen molar-refractivity contribution in [3.8, 4) is 0 Å². The molecule has 0 bridgehead atoms. The van der Waals surface area contributed by atoms with Crippen LogP contribution in [0.4, 0.5) is 22.0 Å². The molecule has 0 rings (SSSR count). The summed E-state index contributed by atoms with van der Waals surface area (Å²) in [6.45, 7) is 0.994. The van der Waals surface area contributed by atoms with Crippen LogP contribution in [0.25, 0.3) is 0 Å².